The first-order valence-electron chi connectivity index (χ1n) is 14.8. The second-order valence-corrected chi connectivity index (χ2v) is 13.7. The number of carbonyl (C=O) groups is 4. The lowest BCUT2D eigenvalue weighted by Gasteiger charge is -2.58. The third-order valence-electron chi connectivity index (χ3n) is 11.1. The van der Waals surface area contributed by atoms with E-state index in [1.807, 2.05) is 6.92 Å². The highest BCUT2D eigenvalue weighted by Crippen LogP contribution is 2.68. The zero-order chi connectivity index (χ0) is 31.8. The molecule has 11 nitrogen and oxygen atoms in total. The summed E-state index contributed by atoms with van der Waals surface area (Å²) >= 11 is 0. The Morgan fingerprint density at radius 3 is 2.47 bits per heavy atom. The van der Waals surface area contributed by atoms with Crippen LogP contribution in [0.4, 0.5) is 0 Å². The maximum Gasteiger partial charge on any atom is 0.333 e. The molecule has 9 atom stereocenters. The van der Waals surface area contributed by atoms with Crippen molar-refractivity contribution in [2.75, 3.05) is 7.11 Å². The molecule has 43 heavy (non-hydrogen) atoms. The lowest BCUT2D eigenvalue weighted by molar-refractivity contribution is -0.338. The van der Waals surface area contributed by atoms with E-state index in [1.54, 1.807) is 46.8 Å². The standard InChI is InChI=1S/C32H42O11/c1-8-17(2)26(36)42-27-28(4,5)20(13-22(33)39-7)18(3)24(35)30(27)16-31(37)21-14-23(34)41-25(19-9-12-40-15-19)29(21,6)10-11-32(31,38)43-30/h8-9,12,15,18,20-21,25,27,37-38H,10-11,13-14,16H2,1-7H3/t18-,20-,21+,25+,27+,29-,30+,31+,32+/m1/s1. The predicted octanol–water partition coefficient (Wildman–Crippen LogP) is 3.57. The van der Waals surface area contributed by atoms with E-state index in [-0.39, 0.29) is 25.7 Å². The van der Waals surface area contributed by atoms with Crippen molar-refractivity contribution in [1.29, 1.82) is 0 Å². The van der Waals surface area contributed by atoms with Crippen molar-refractivity contribution in [2.24, 2.45) is 28.6 Å². The summed E-state index contributed by atoms with van der Waals surface area (Å²) < 4.78 is 28.5. The molecule has 5 rings (SSSR count). The number of ketones is 1. The summed E-state index contributed by atoms with van der Waals surface area (Å²) in [4.78, 5) is 53.3. The van der Waals surface area contributed by atoms with Crippen LogP contribution in [-0.4, -0.2) is 64.1 Å². The third kappa shape index (κ3) is 4.41. The Morgan fingerprint density at radius 1 is 1.16 bits per heavy atom. The van der Waals surface area contributed by atoms with Gasteiger partial charge in [0, 0.05) is 53.1 Å². The van der Waals surface area contributed by atoms with E-state index < -0.39 is 87.9 Å². The van der Waals surface area contributed by atoms with Crippen LogP contribution in [0.5, 0.6) is 0 Å². The highest BCUT2D eigenvalue weighted by atomic mass is 16.7. The van der Waals surface area contributed by atoms with E-state index in [2.05, 4.69) is 0 Å². The van der Waals surface area contributed by atoms with Crippen molar-refractivity contribution >= 4 is 23.7 Å². The van der Waals surface area contributed by atoms with Gasteiger partial charge < -0.3 is 33.6 Å². The summed E-state index contributed by atoms with van der Waals surface area (Å²) in [6.07, 6.45) is 1.92. The molecule has 11 heteroatoms. The average Bonchev–Trinajstić information content (AvgIpc) is 3.58. The van der Waals surface area contributed by atoms with E-state index >= 15 is 0 Å². The molecule has 2 saturated carbocycles. The molecule has 0 bridgehead atoms. The van der Waals surface area contributed by atoms with Crippen molar-refractivity contribution in [2.45, 2.75) is 103 Å². The summed E-state index contributed by atoms with van der Waals surface area (Å²) in [5.74, 6) is -6.81. The number of furan rings is 1. The molecular formula is C32H42O11. The molecule has 2 saturated heterocycles. The Balaban J connectivity index is 1.64. The summed E-state index contributed by atoms with van der Waals surface area (Å²) in [6, 6.07) is 1.69. The first-order chi connectivity index (χ1) is 20.0. The molecule has 3 heterocycles. The number of hydrogen-bond donors (Lipinski definition) is 2. The van der Waals surface area contributed by atoms with E-state index in [0.717, 1.165) is 0 Å². The van der Waals surface area contributed by atoms with Crippen molar-refractivity contribution in [3.63, 3.8) is 0 Å². The number of ether oxygens (including phenoxy) is 4. The van der Waals surface area contributed by atoms with Crippen LogP contribution in [0.3, 0.4) is 0 Å². The van der Waals surface area contributed by atoms with Crippen LogP contribution in [0, 0.1) is 28.6 Å². The molecule has 2 N–H and O–H groups in total. The normalized spacial score (nSPS) is 42.2. The molecule has 0 amide bonds. The molecule has 0 unspecified atom stereocenters. The Labute approximate surface area is 250 Å². The molecule has 0 radical (unpaired) electrons. The van der Waals surface area contributed by atoms with Crippen LogP contribution in [0.15, 0.2) is 34.7 Å². The Hall–Kier alpha value is -3.02. The number of Topliss-reactive ketones (excluding diaryl/α,β-unsaturated/α-hetero) is 1. The highest BCUT2D eigenvalue weighted by molar-refractivity contribution is 5.94. The molecule has 2 aliphatic heterocycles. The van der Waals surface area contributed by atoms with Gasteiger partial charge in [-0.05, 0) is 32.3 Å². The van der Waals surface area contributed by atoms with Crippen LogP contribution >= 0.6 is 0 Å². The van der Waals surface area contributed by atoms with Gasteiger partial charge in [0.15, 0.2) is 17.2 Å². The molecule has 1 aromatic heterocycles. The van der Waals surface area contributed by atoms with Gasteiger partial charge in [-0.1, -0.05) is 33.8 Å². The van der Waals surface area contributed by atoms with E-state index in [0.29, 0.717) is 11.1 Å². The minimum atomic E-state index is -2.24. The molecule has 0 aromatic carbocycles. The molecule has 236 valence electrons. The number of rotatable bonds is 5. The van der Waals surface area contributed by atoms with Gasteiger partial charge in [-0.25, -0.2) is 4.79 Å². The topological polar surface area (TPSA) is 159 Å². The number of methoxy groups -OCH3 is 1. The lowest BCUT2D eigenvalue weighted by atomic mass is 9.50. The zero-order valence-electron chi connectivity index (χ0n) is 25.8. The fraction of sp³-hybridized carbons (Fsp3) is 0.688. The van der Waals surface area contributed by atoms with Gasteiger partial charge >= 0.3 is 17.9 Å². The quantitative estimate of drug-likeness (QED) is 0.288. The van der Waals surface area contributed by atoms with Gasteiger partial charge in [-0.2, -0.15) is 0 Å². The van der Waals surface area contributed by atoms with Gasteiger partial charge in [0.2, 0.25) is 0 Å². The van der Waals surface area contributed by atoms with Gasteiger partial charge in [-0.3, -0.25) is 14.4 Å². The van der Waals surface area contributed by atoms with E-state index in [9.17, 15) is 29.4 Å². The van der Waals surface area contributed by atoms with Crippen LogP contribution < -0.4 is 0 Å². The number of hydrogen-bond acceptors (Lipinski definition) is 11. The SMILES string of the molecule is CC=C(C)C(=O)O[C@H]1C(C)(C)[C@H](CC(=O)OC)[C@@H](C)C(=O)[C@@]12C[C@]1(O)[C@H]3CC(=O)O[C@@H](c4ccoc4)[C@]3(C)CC[C@]1(O)O2. The maximum absolute atomic E-state index is 14.5. The van der Waals surface area contributed by atoms with Gasteiger partial charge in [0.25, 0.3) is 0 Å². The Morgan fingerprint density at radius 2 is 1.86 bits per heavy atom. The van der Waals surface area contributed by atoms with Gasteiger partial charge in [0.05, 0.1) is 26.1 Å². The third-order valence-corrected chi connectivity index (χ3v) is 11.1. The maximum atomic E-state index is 14.5. The zero-order valence-corrected chi connectivity index (χ0v) is 25.8. The van der Waals surface area contributed by atoms with Crippen LogP contribution in [0.2, 0.25) is 0 Å². The number of allylic oxidation sites excluding steroid dienone is 1. The first-order valence-corrected chi connectivity index (χ1v) is 14.8. The van der Waals surface area contributed by atoms with E-state index in [4.69, 9.17) is 23.4 Å². The Kier molecular flexibility index (Phi) is 7.50. The number of aliphatic hydroxyl groups is 2. The molecule has 4 aliphatic rings. The van der Waals surface area contributed by atoms with Crippen LogP contribution in [0.25, 0.3) is 0 Å². The minimum absolute atomic E-state index is 0.0770. The molecule has 1 aromatic rings. The number of cyclic esters (lactones) is 1. The van der Waals surface area contributed by atoms with Crippen molar-refractivity contribution in [3.8, 4) is 0 Å². The molecule has 2 aliphatic carbocycles. The number of fused-ring (bicyclic) bond motifs is 3. The number of carbonyl (C=O) groups excluding carboxylic acids is 4. The summed E-state index contributed by atoms with van der Waals surface area (Å²) in [7, 11) is 1.26. The first kappa shape index (κ1) is 31.4. The molecular weight excluding hydrogens is 560 g/mol. The van der Waals surface area contributed by atoms with Crippen molar-refractivity contribution in [3.05, 3.63) is 35.8 Å². The number of esters is 3. The smallest absolute Gasteiger partial charge is 0.333 e. The highest BCUT2D eigenvalue weighted by Gasteiger charge is 2.80. The summed E-state index contributed by atoms with van der Waals surface area (Å²) in [5.41, 5.74) is -5.07. The minimum Gasteiger partial charge on any atom is -0.472 e. The van der Waals surface area contributed by atoms with E-state index in [1.165, 1.54) is 19.6 Å². The van der Waals surface area contributed by atoms with Gasteiger partial charge in [0.1, 0.15) is 17.8 Å². The summed E-state index contributed by atoms with van der Waals surface area (Å²) in [5, 5.41) is 24.8. The fourth-order valence-electron chi connectivity index (χ4n) is 8.54. The van der Waals surface area contributed by atoms with Gasteiger partial charge in [-0.15, -0.1) is 0 Å². The predicted molar refractivity (Wildman–Crippen MR) is 149 cm³/mol. The van der Waals surface area contributed by atoms with Crippen LogP contribution in [0.1, 0.15) is 85.3 Å². The molecule has 4 fully saturated rings. The van der Waals surface area contributed by atoms with Crippen LogP contribution in [-0.2, 0) is 38.1 Å². The second kappa shape index (κ2) is 10.3. The average molecular weight is 603 g/mol. The second-order valence-electron chi connectivity index (χ2n) is 13.7. The summed E-state index contributed by atoms with van der Waals surface area (Å²) in [6.45, 7) is 10.4. The molecule has 1 spiro atoms. The largest absolute Gasteiger partial charge is 0.472 e. The van der Waals surface area contributed by atoms with Crippen molar-refractivity contribution < 1.29 is 52.8 Å². The monoisotopic (exact) mass is 602 g/mol. The fourth-order valence-corrected chi connectivity index (χ4v) is 8.54. The Bertz CT molecular complexity index is 1350. The van der Waals surface area contributed by atoms with Crippen molar-refractivity contribution in [1.82, 2.24) is 0 Å². The lowest BCUT2D eigenvalue weighted by Crippen LogP contribution is -2.67.